The first kappa shape index (κ1) is 60.2. The molecule has 10 nitrogen and oxygen atoms in total. The fraction of sp³-hybridized carbons (Fsp3) is 0.462. The maximum Gasteiger partial charge on any atom is 0.416 e. The second-order valence-electron chi connectivity index (χ2n) is 18.8. The summed E-state index contributed by atoms with van der Waals surface area (Å²) < 4.78 is 187. The number of urea groups is 2. The average Bonchev–Trinajstić information content (AvgIpc) is 3.32. The number of nitrogens with zero attached hydrogens (tertiary/aromatic N) is 4. The van der Waals surface area contributed by atoms with Gasteiger partial charge >= 0.3 is 36.8 Å². The van der Waals surface area contributed by atoms with Crippen molar-refractivity contribution in [3.63, 3.8) is 0 Å². The Morgan fingerprint density at radius 2 is 0.816 bits per heavy atom. The highest BCUT2D eigenvalue weighted by Crippen LogP contribution is 2.40. The molecule has 2 fully saturated rings. The van der Waals surface area contributed by atoms with E-state index in [-0.39, 0.29) is 73.1 Å². The van der Waals surface area contributed by atoms with Crippen molar-refractivity contribution in [1.29, 1.82) is 0 Å². The fourth-order valence-corrected chi connectivity index (χ4v) is 9.27. The summed E-state index contributed by atoms with van der Waals surface area (Å²) in [5, 5.41) is 5.78. The molecular formula is C52H56F14N6O4. The molecule has 4 aromatic carbocycles. The maximum atomic E-state index is 13.8. The molecular weight excluding hydrogens is 1040 g/mol. The molecule has 0 radical (unpaired) electrons. The molecule has 2 saturated heterocycles. The molecule has 2 aliphatic heterocycles. The van der Waals surface area contributed by atoms with Crippen molar-refractivity contribution in [3.8, 4) is 0 Å². The summed E-state index contributed by atoms with van der Waals surface area (Å²) in [5.41, 5.74) is -4.14. The van der Waals surface area contributed by atoms with Crippen molar-refractivity contribution < 1.29 is 80.6 Å². The van der Waals surface area contributed by atoms with Crippen LogP contribution in [0.3, 0.4) is 0 Å². The average molecular weight is 1100 g/mol. The van der Waals surface area contributed by atoms with Crippen molar-refractivity contribution in [1.82, 2.24) is 30.2 Å². The molecule has 2 aliphatic rings. The molecule has 0 unspecified atom stereocenters. The number of carbonyl (C=O) groups excluding carboxylic acids is 4. The first-order valence-corrected chi connectivity index (χ1v) is 23.9. The Balaban J connectivity index is 0.000000281. The number of aryl methyl sites for hydroxylation is 2. The van der Waals surface area contributed by atoms with Crippen molar-refractivity contribution in [2.75, 3.05) is 27.2 Å². The molecule has 0 aromatic heterocycles. The number of nitrogens with one attached hydrogen (secondary N) is 2. The van der Waals surface area contributed by atoms with Crippen LogP contribution in [0.5, 0.6) is 0 Å². The number of piperidine rings is 2. The number of rotatable bonds is 10. The molecule has 416 valence electrons. The summed E-state index contributed by atoms with van der Waals surface area (Å²) in [5.74, 6) is -1.30. The number of halogens is 14. The maximum absolute atomic E-state index is 13.8. The zero-order valence-corrected chi connectivity index (χ0v) is 42.0. The second kappa shape index (κ2) is 24.2. The molecule has 2 heterocycles. The number of amides is 6. The van der Waals surface area contributed by atoms with Gasteiger partial charge in [0.2, 0.25) is 11.8 Å². The summed E-state index contributed by atoms with van der Waals surface area (Å²) in [6.45, 7) is 6.04. The summed E-state index contributed by atoms with van der Waals surface area (Å²) in [6, 6.07) is 7.58. The molecule has 6 amide bonds. The lowest BCUT2D eigenvalue weighted by Crippen LogP contribution is -2.51. The summed E-state index contributed by atoms with van der Waals surface area (Å²) in [6.07, 6.45) is -18.1. The third-order valence-electron chi connectivity index (χ3n) is 13.0. The molecule has 4 atom stereocenters. The van der Waals surface area contributed by atoms with Crippen LogP contribution in [0.4, 0.5) is 71.1 Å². The van der Waals surface area contributed by atoms with Crippen LogP contribution in [0, 0.1) is 25.5 Å². The molecule has 4 aromatic rings. The third kappa shape index (κ3) is 15.7. The van der Waals surface area contributed by atoms with E-state index in [0.717, 1.165) is 9.80 Å². The van der Waals surface area contributed by atoms with Crippen molar-refractivity contribution in [2.45, 2.75) is 128 Å². The monoisotopic (exact) mass is 1090 g/mol. The Morgan fingerprint density at radius 1 is 0.513 bits per heavy atom. The van der Waals surface area contributed by atoms with Gasteiger partial charge in [0.25, 0.3) is 0 Å². The second-order valence-corrected chi connectivity index (χ2v) is 18.8. The molecule has 76 heavy (non-hydrogen) atoms. The van der Waals surface area contributed by atoms with E-state index < -0.39 is 95.8 Å². The van der Waals surface area contributed by atoms with Crippen LogP contribution in [-0.2, 0) is 47.4 Å². The Bertz CT molecular complexity index is 2480. The minimum absolute atomic E-state index is 0.0357. The van der Waals surface area contributed by atoms with Gasteiger partial charge in [-0.25, -0.2) is 18.4 Å². The molecule has 0 aliphatic carbocycles. The minimum Gasteiger partial charge on any atom is -0.353 e. The lowest BCUT2D eigenvalue weighted by molar-refractivity contribution is -0.144. The number of hydrogen-bond acceptors (Lipinski definition) is 4. The predicted octanol–water partition coefficient (Wildman–Crippen LogP) is 12.9. The van der Waals surface area contributed by atoms with Gasteiger partial charge in [0.05, 0.1) is 34.3 Å². The number of likely N-dealkylation sites (tertiary alicyclic amines) is 2. The number of alkyl halides is 12. The number of benzene rings is 4. The first-order valence-electron chi connectivity index (χ1n) is 23.9. The summed E-state index contributed by atoms with van der Waals surface area (Å²) >= 11 is 0. The van der Waals surface area contributed by atoms with Crippen molar-refractivity contribution in [2.24, 2.45) is 0 Å². The van der Waals surface area contributed by atoms with Crippen LogP contribution in [0.1, 0.15) is 120 Å². The SMILES string of the molecule is CCC(=O)N[C@@H]1CCN(C(=O)N(C)Cc2cc(C(F)(F)F)cc(C(F)(F)F)c2)[C@@H](c2ccc(F)cc2C)C1.CCC(=O)N[C@H]1CCN(C(=O)N(C)Cc2cc(C(F)(F)F)cc(C(F)(F)F)c2)[C@H](c2ccc(F)cc2C)C1. The molecule has 0 spiro atoms. The normalized spacial score (nSPS) is 18.3. The molecule has 24 heteroatoms. The van der Waals surface area contributed by atoms with Crippen molar-refractivity contribution in [3.05, 3.63) is 140 Å². The van der Waals surface area contributed by atoms with E-state index in [1.54, 1.807) is 27.7 Å². The summed E-state index contributed by atoms with van der Waals surface area (Å²) in [7, 11) is 2.57. The van der Waals surface area contributed by atoms with Gasteiger partial charge in [-0.2, -0.15) is 52.7 Å². The fourth-order valence-electron chi connectivity index (χ4n) is 9.27. The number of hydrogen-bond donors (Lipinski definition) is 2. The Hall–Kier alpha value is -6.62. The number of carbonyl (C=O) groups is 4. The van der Waals surface area contributed by atoms with E-state index in [0.29, 0.717) is 72.2 Å². The van der Waals surface area contributed by atoms with Gasteiger partial charge < -0.3 is 30.2 Å². The standard InChI is InChI=1S/2C26H28F7N3O2/c2*1-4-23(37)34-20-7-8-36(22(13-20)21-6-5-19(27)9-15(21)2)24(38)35(3)14-16-10-17(25(28,29)30)12-18(11-16)26(31,32)33/h2*5-6,9-12,20,22H,4,7-8,13-14H2,1-3H3,(H,34,37)/t2*20-,22-/m10/s1. The van der Waals surface area contributed by atoms with Crippen LogP contribution >= 0.6 is 0 Å². The van der Waals surface area contributed by atoms with Crippen LogP contribution in [0.2, 0.25) is 0 Å². The van der Waals surface area contributed by atoms with Crippen LogP contribution < -0.4 is 10.6 Å². The quantitative estimate of drug-likeness (QED) is 0.154. The van der Waals surface area contributed by atoms with Gasteiger partial charge in [0.1, 0.15) is 11.6 Å². The lowest BCUT2D eigenvalue weighted by atomic mass is 9.89. The first-order chi connectivity index (χ1) is 35.2. The van der Waals surface area contributed by atoms with Crippen LogP contribution in [-0.4, -0.2) is 82.7 Å². The Labute approximate surface area is 429 Å². The van der Waals surface area contributed by atoms with Gasteiger partial charge in [-0.15, -0.1) is 0 Å². The molecule has 0 saturated carbocycles. The topological polar surface area (TPSA) is 105 Å². The van der Waals surface area contributed by atoms with Gasteiger partial charge in [-0.05, 0) is 134 Å². The van der Waals surface area contributed by atoms with Crippen molar-refractivity contribution >= 4 is 23.9 Å². The smallest absolute Gasteiger partial charge is 0.353 e. The van der Waals surface area contributed by atoms with E-state index in [2.05, 4.69) is 10.6 Å². The van der Waals surface area contributed by atoms with E-state index in [9.17, 15) is 80.6 Å². The molecule has 6 rings (SSSR count). The zero-order valence-electron chi connectivity index (χ0n) is 42.0. The van der Waals surface area contributed by atoms with E-state index in [1.807, 2.05) is 0 Å². The Kier molecular flexibility index (Phi) is 19.1. The molecule has 2 N–H and O–H groups in total. The lowest BCUT2D eigenvalue weighted by Gasteiger charge is -2.42. The van der Waals surface area contributed by atoms with Gasteiger partial charge in [0, 0.05) is 65.2 Å². The van der Waals surface area contributed by atoms with E-state index in [1.165, 1.54) is 60.3 Å². The van der Waals surface area contributed by atoms with Crippen LogP contribution in [0.25, 0.3) is 0 Å². The van der Waals surface area contributed by atoms with Gasteiger partial charge in [-0.3, -0.25) is 9.59 Å². The van der Waals surface area contributed by atoms with E-state index in [4.69, 9.17) is 0 Å². The predicted molar refractivity (Wildman–Crippen MR) is 251 cm³/mol. The molecule has 0 bridgehead atoms. The van der Waals surface area contributed by atoms with Crippen LogP contribution in [0.15, 0.2) is 72.8 Å². The summed E-state index contributed by atoms with van der Waals surface area (Å²) in [4.78, 5) is 55.8. The van der Waals surface area contributed by atoms with Gasteiger partial charge in [-0.1, -0.05) is 26.0 Å². The zero-order chi connectivity index (χ0) is 56.8. The van der Waals surface area contributed by atoms with Gasteiger partial charge in [0.15, 0.2) is 0 Å². The Morgan fingerprint density at radius 3 is 1.08 bits per heavy atom. The largest absolute Gasteiger partial charge is 0.416 e. The highest BCUT2D eigenvalue weighted by molar-refractivity contribution is 5.78. The highest BCUT2D eigenvalue weighted by atomic mass is 19.4. The van der Waals surface area contributed by atoms with E-state index >= 15 is 0 Å². The minimum atomic E-state index is -5.01. The highest BCUT2D eigenvalue weighted by Gasteiger charge is 2.41. The third-order valence-corrected chi connectivity index (χ3v) is 13.0.